The van der Waals surface area contributed by atoms with Gasteiger partial charge in [0.1, 0.15) is 0 Å². The Morgan fingerprint density at radius 1 is 0.815 bits per heavy atom. The van der Waals surface area contributed by atoms with Gasteiger partial charge in [-0.3, -0.25) is 0 Å². The number of benzene rings is 2. The lowest BCUT2D eigenvalue weighted by Gasteiger charge is -2.15. The van der Waals surface area contributed by atoms with E-state index in [0.717, 1.165) is 16.8 Å². The maximum atomic E-state index is 6.29. The van der Waals surface area contributed by atoms with Crippen molar-refractivity contribution in [3.05, 3.63) is 57.6 Å². The Balaban J connectivity index is 1.80. The van der Waals surface area contributed by atoms with E-state index in [1.54, 1.807) is 18.2 Å². The molecular formula is C18H14Cl2N6O. The Labute approximate surface area is 164 Å². The molecule has 0 atom stereocenters. The minimum absolute atomic E-state index is 0.280. The highest BCUT2D eigenvalue weighted by Gasteiger charge is 2.16. The fourth-order valence-corrected chi connectivity index (χ4v) is 2.90. The van der Waals surface area contributed by atoms with Gasteiger partial charge in [-0.25, -0.2) is 14.6 Å². The molecule has 27 heavy (non-hydrogen) atoms. The fourth-order valence-electron chi connectivity index (χ4n) is 2.55. The lowest BCUT2D eigenvalue weighted by atomic mass is 10.1. The molecule has 0 aliphatic carbocycles. The second kappa shape index (κ2) is 7.02. The van der Waals surface area contributed by atoms with Crippen LogP contribution in [-0.4, -0.2) is 20.3 Å². The number of fused-ring (bicyclic) bond motifs is 1. The van der Waals surface area contributed by atoms with Crippen molar-refractivity contribution in [3.8, 4) is 0 Å². The Kier molecular flexibility index (Phi) is 4.55. The van der Waals surface area contributed by atoms with Crippen molar-refractivity contribution in [1.82, 2.24) is 20.3 Å². The van der Waals surface area contributed by atoms with Gasteiger partial charge in [0.25, 0.3) is 0 Å². The van der Waals surface area contributed by atoms with Crippen molar-refractivity contribution in [2.45, 2.75) is 13.8 Å². The zero-order chi connectivity index (χ0) is 19.0. The molecule has 2 N–H and O–H groups in total. The maximum absolute atomic E-state index is 6.29. The monoisotopic (exact) mass is 400 g/mol. The number of nitrogens with zero attached hydrogens (tertiary/aromatic N) is 4. The van der Waals surface area contributed by atoms with E-state index in [9.17, 15) is 0 Å². The second-order valence-electron chi connectivity index (χ2n) is 5.93. The topological polar surface area (TPSA) is 88.8 Å². The predicted molar refractivity (Wildman–Crippen MR) is 106 cm³/mol. The van der Waals surface area contributed by atoms with Crippen LogP contribution in [0.25, 0.3) is 11.3 Å². The lowest BCUT2D eigenvalue weighted by molar-refractivity contribution is 0.314. The van der Waals surface area contributed by atoms with Crippen LogP contribution >= 0.6 is 23.2 Å². The zero-order valence-electron chi connectivity index (χ0n) is 14.4. The van der Waals surface area contributed by atoms with Crippen LogP contribution in [0.2, 0.25) is 10.0 Å². The molecule has 0 amide bonds. The maximum Gasteiger partial charge on any atom is 0.245 e. The summed E-state index contributed by atoms with van der Waals surface area (Å²) in [5.74, 6) is 0.881. The fraction of sp³-hybridized carbons (Fsp3) is 0.111. The summed E-state index contributed by atoms with van der Waals surface area (Å²) < 4.78 is 4.73. The van der Waals surface area contributed by atoms with Crippen LogP contribution in [0.3, 0.4) is 0 Å². The van der Waals surface area contributed by atoms with E-state index >= 15 is 0 Å². The van der Waals surface area contributed by atoms with E-state index < -0.39 is 0 Å². The number of aromatic nitrogens is 4. The third-order valence-electron chi connectivity index (χ3n) is 4.18. The van der Waals surface area contributed by atoms with Crippen molar-refractivity contribution < 1.29 is 4.63 Å². The number of hydrogen-bond donors (Lipinski definition) is 2. The molecule has 136 valence electrons. The van der Waals surface area contributed by atoms with Gasteiger partial charge in [-0.2, -0.15) is 0 Å². The highest BCUT2D eigenvalue weighted by molar-refractivity contribution is 6.43. The first kappa shape index (κ1) is 17.5. The number of halogens is 2. The van der Waals surface area contributed by atoms with Crippen LogP contribution in [0.15, 0.2) is 41.0 Å². The number of aryl methyl sites for hydroxylation is 1. The summed E-state index contributed by atoms with van der Waals surface area (Å²) in [5, 5.41) is 14.8. The van der Waals surface area contributed by atoms with Gasteiger partial charge in [0, 0.05) is 5.69 Å². The predicted octanol–water partition coefficient (Wildman–Crippen LogP) is 5.42. The Hall–Kier alpha value is -2.90. The molecule has 7 nitrogen and oxygen atoms in total. The minimum Gasteiger partial charge on any atom is -0.337 e. The van der Waals surface area contributed by atoms with Crippen LogP contribution in [0.4, 0.5) is 23.0 Å². The third kappa shape index (κ3) is 3.39. The number of anilines is 4. The number of nitrogens with one attached hydrogen (secondary N) is 2. The standard InChI is InChI=1S/C18H14Cl2N6O/c1-9-5-3-7-12(10(9)2)21-15-16(24-18-17(23-15)25-27-26-18)22-13-8-4-6-11(19)14(13)20/h3-8H,1-2H3,(H,21,23,25)(H,22,24,26). The smallest absolute Gasteiger partial charge is 0.245 e. The quantitative estimate of drug-likeness (QED) is 0.472. The van der Waals surface area contributed by atoms with Crippen molar-refractivity contribution in [2.24, 2.45) is 0 Å². The van der Waals surface area contributed by atoms with E-state index in [1.165, 1.54) is 0 Å². The molecule has 2 aromatic heterocycles. The van der Waals surface area contributed by atoms with Crippen molar-refractivity contribution in [1.29, 1.82) is 0 Å². The van der Waals surface area contributed by atoms with Crippen molar-refractivity contribution >= 4 is 57.5 Å². The van der Waals surface area contributed by atoms with Crippen LogP contribution in [0, 0.1) is 13.8 Å². The van der Waals surface area contributed by atoms with E-state index in [1.807, 2.05) is 32.0 Å². The molecule has 2 heterocycles. The molecule has 0 aliphatic rings. The van der Waals surface area contributed by atoms with Gasteiger partial charge in [-0.15, -0.1) is 0 Å². The summed E-state index contributed by atoms with van der Waals surface area (Å²) in [6.45, 7) is 4.07. The molecule has 0 fully saturated rings. The van der Waals surface area contributed by atoms with Crippen LogP contribution < -0.4 is 10.6 Å². The summed E-state index contributed by atoms with van der Waals surface area (Å²) in [4.78, 5) is 8.91. The SMILES string of the molecule is Cc1cccc(Nc2nc3nonc3nc2Nc2cccc(Cl)c2Cl)c1C. The molecule has 0 radical (unpaired) electrons. The zero-order valence-corrected chi connectivity index (χ0v) is 15.9. The molecule has 2 aromatic carbocycles. The average Bonchev–Trinajstić information content (AvgIpc) is 3.10. The molecule has 0 aliphatic heterocycles. The van der Waals surface area contributed by atoms with E-state index in [-0.39, 0.29) is 5.65 Å². The van der Waals surface area contributed by atoms with E-state index in [4.69, 9.17) is 27.8 Å². The normalized spacial score (nSPS) is 11.0. The van der Waals surface area contributed by atoms with Crippen molar-refractivity contribution in [2.75, 3.05) is 10.6 Å². The lowest BCUT2D eigenvalue weighted by Crippen LogP contribution is -2.04. The molecule has 0 saturated heterocycles. The molecule has 9 heteroatoms. The van der Waals surface area contributed by atoms with E-state index in [2.05, 4.69) is 30.9 Å². The van der Waals surface area contributed by atoms with Crippen LogP contribution in [-0.2, 0) is 0 Å². The van der Waals surface area contributed by atoms with Gasteiger partial charge < -0.3 is 10.6 Å². The second-order valence-corrected chi connectivity index (χ2v) is 6.72. The average molecular weight is 401 g/mol. The molecule has 0 spiro atoms. The Bertz CT molecular complexity index is 1060. The number of rotatable bonds is 4. The Morgan fingerprint density at radius 2 is 1.41 bits per heavy atom. The largest absolute Gasteiger partial charge is 0.337 e. The summed E-state index contributed by atoms with van der Waals surface area (Å²) in [6, 6.07) is 11.3. The highest BCUT2D eigenvalue weighted by atomic mass is 35.5. The van der Waals surface area contributed by atoms with Gasteiger partial charge in [-0.1, -0.05) is 41.4 Å². The first-order valence-electron chi connectivity index (χ1n) is 8.07. The van der Waals surface area contributed by atoms with Crippen molar-refractivity contribution in [3.63, 3.8) is 0 Å². The van der Waals surface area contributed by atoms with Gasteiger partial charge in [-0.05, 0) is 53.5 Å². The molecule has 0 unspecified atom stereocenters. The van der Waals surface area contributed by atoms with E-state index in [0.29, 0.717) is 33.0 Å². The molecular weight excluding hydrogens is 387 g/mol. The first-order valence-corrected chi connectivity index (χ1v) is 8.83. The number of hydrogen-bond acceptors (Lipinski definition) is 7. The van der Waals surface area contributed by atoms with Crippen LogP contribution in [0.1, 0.15) is 11.1 Å². The summed E-state index contributed by atoms with van der Waals surface area (Å²) >= 11 is 12.4. The highest BCUT2D eigenvalue weighted by Crippen LogP contribution is 2.34. The first-order chi connectivity index (χ1) is 13.0. The van der Waals surface area contributed by atoms with Gasteiger partial charge in [0.2, 0.25) is 11.3 Å². The molecule has 0 bridgehead atoms. The molecule has 0 saturated carbocycles. The summed E-state index contributed by atoms with van der Waals surface area (Å²) in [5.41, 5.74) is 4.33. The third-order valence-corrected chi connectivity index (χ3v) is 5.00. The van der Waals surface area contributed by atoms with Gasteiger partial charge >= 0.3 is 0 Å². The molecule has 4 rings (SSSR count). The van der Waals surface area contributed by atoms with Gasteiger partial charge in [0.15, 0.2) is 11.6 Å². The minimum atomic E-state index is 0.280. The summed E-state index contributed by atoms with van der Waals surface area (Å²) in [6.07, 6.45) is 0. The Morgan fingerprint density at radius 3 is 2.11 bits per heavy atom. The van der Waals surface area contributed by atoms with Gasteiger partial charge in [0.05, 0.1) is 15.7 Å². The van der Waals surface area contributed by atoms with Crippen LogP contribution in [0.5, 0.6) is 0 Å². The molecule has 4 aromatic rings. The summed E-state index contributed by atoms with van der Waals surface area (Å²) in [7, 11) is 0.